The summed E-state index contributed by atoms with van der Waals surface area (Å²) in [6.45, 7) is 2.74. The van der Waals surface area contributed by atoms with Gasteiger partial charge in [0.25, 0.3) is 0 Å². The fraction of sp³-hybridized carbons (Fsp3) is 0.250. The second kappa shape index (κ2) is 10.3. The topological polar surface area (TPSA) is 94.2 Å². The zero-order valence-electron chi connectivity index (χ0n) is 18.4. The summed E-state index contributed by atoms with van der Waals surface area (Å²) in [6.07, 6.45) is 2.33. The minimum atomic E-state index is -0.0738. The van der Waals surface area contributed by atoms with Crippen LogP contribution in [0.2, 0.25) is 0 Å². The van der Waals surface area contributed by atoms with Gasteiger partial charge in [-0.15, -0.1) is 10.2 Å². The maximum Gasteiger partial charge on any atom is 0.234 e. The predicted octanol–water partition coefficient (Wildman–Crippen LogP) is 3.64. The molecule has 0 aliphatic carbocycles. The molecule has 10 heteroatoms. The molecule has 8 nitrogen and oxygen atoms in total. The van der Waals surface area contributed by atoms with E-state index in [2.05, 4.69) is 25.4 Å². The number of fused-ring (bicyclic) bond motifs is 1. The summed E-state index contributed by atoms with van der Waals surface area (Å²) < 4.78 is 0.760. The van der Waals surface area contributed by atoms with Crippen molar-refractivity contribution in [1.29, 1.82) is 0 Å². The molecule has 174 valence electrons. The summed E-state index contributed by atoms with van der Waals surface area (Å²) in [6, 6.07) is 17.4. The summed E-state index contributed by atoms with van der Waals surface area (Å²) in [7, 11) is 0. The van der Waals surface area contributed by atoms with E-state index in [1.807, 2.05) is 65.7 Å². The molecule has 34 heavy (non-hydrogen) atoms. The zero-order chi connectivity index (χ0) is 23.3. The largest absolute Gasteiger partial charge is 0.361 e. The highest BCUT2D eigenvalue weighted by atomic mass is 32.2. The van der Waals surface area contributed by atoms with Crippen LogP contribution in [0.15, 0.2) is 65.1 Å². The van der Waals surface area contributed by atoms with Gasteiger partial charge in [0.15, 0.2) is 4.34 Å². The molecule has 2 N–H and O–H groups in total. The van der Waals surface area contributed by atoms with Gasteiger partial charge in [-0.3, -0.25) is 9.59 Å². The Bertz CT molecular complexity index is 1280. The smallest absolute Gasteiger partial charge is 0.234 e. The molecule has 1 saturated heterocycles. The molecule has 0 saturated carbocycles. The number of H-pyrrole nitrogens is 1. The second-order valence-corrected chi connectivity index (χ2v) is 10.1. The van der Waals surface area contributed by atoms with Crippen molar-refractivity contribution in [1.82, 2.24) is 20.1 Å². The SMILES string of the molecule is O=C(CSc1nnc(N2CCN(C(=O)Cc3c[nH]c4ccccc34)CC2)s1)Nc1ccccc1. The van der Waals surface area contributed by atoms with E-state index in [4.69, 9.17) is 0 Å². The van der Waals surface area contributed by atoms with E-state index >= 15 is 0 Å². The first-order valence-electron chi connectivity index (χ1n) is 11.0. The molecule has 0 radical (unpaired) electrons. The summed E-state index contributed by atoms with van der Waals surface area (Å²) in [5, 5.41) is 13.3. The molecule has 0 bridgehead atoms. The minimum absolute atomic E-state index is 0.0738. The number of piperazine rings is 1. The van der Waals surface area contributed by atoms with Crippen LogP contribution in [0.5, 0.6) is 0 Å². The third-order valence-corrected chi connectivity index (χ3v) is 7.82. The number of carbonyl (C=O) groups is 2. The summed E-state index contributed by atoms with van der Waals surface area (Å²) >= 11 is 2.86. The van der Waals surface area contributed by atoms with Gasteiger partial charge in [0, 0.05) is 49.0 Å². The quantitative estimate of drug-likeness (QED) is 0.383. The predicted molar refractivity (Wildman–Crippen MR) is 137 cm³/mol. The van der Waals surface area contributed by atoms with Crippen molar-refractivity contribution in [2.75, 3.05) is 42.1 Å². The van der Waals surface area contributed by atoms with Crippen LogP contribution in [0.4, 0.5) is 10.8 Å². The van der Waals surface area contributed by atoms with Crippen molar-refractivity contribution in [2.45, 2.75) is 10.8 Å². The molecule has 4 aromatic rings. The molecular formula is C24H24N6O2S2. The van der Waals surface area contributed by atoms with Crippen LogP contribution < -0.4 is 10.2 Å². The number of nitrogens with zero attached hydrogens (tertiary/aromatic N) is 4. The van der Waals surface area contributed by atoms with Crippen LogP contribution in [-0.4, -0.2) is 63.8 Å². The molecule has 3 heterocycles. The summed E-state index contributed by atoms with van der Waals surface area (Å²) in [5.74, 6) is 0.345. The van der Waals surface area contributed by atoms with Crippen LogP contribution in [0.25, 0.3) is 10.9 Å². The number of para-hydroxylation sites is 2. The van der Waals surface area contributed by atoms with E-state index in [1.165, 1.54) is 23.1 Å². The number of carbonyl (C=O) groups excluding carboxylic acids is 2. The van der Waals surface area contributed by atoms with Gasteiger partial charge in [-0.05, 0) is 23.8 Å². The van der Waals surface area contributed by atoms with Crippen molar-refractivity contribution >= 4 is 56.6 Å². The van der Waals surface area contributed by atoms with Crippen LogP contribution in [0.3, 0.4) is 0 Å². The van der Waals surface area contributed by atoms with Gasteiger partial charge in [0.05, 0.1) is 12.2 Å². The monoisotopic (exact) mass is 492 g/mol. The molecule has 2 aromatic carbocycles. The number of aromatic amines is 1. The zero-order valence-corrected chi connectivity index (χ0v) is 20.1. The Balaban J connectivity index is 1.10. The van der Waals surface area contributed by atoms with E-state index in [0.717, 1.165) is 31.6 Å². The Labute approximate surface area is 205 Å². The first-order valence-corrected chi connectivity index (χ1v) is 12.8. The van der Waals surface area contributed by atoms with Crippen molar-refractivity contribution in [2.24, 2.45) is 0 Å². The Kier molecular flexibility index (Phi) is 6.77. The third kappa shape index (κ3) is 5.23. The van der Waals surface area contributed by atoms with Gasteiger partial charge in [0.1, 0.15) is 0 Å². The molecule has 1 aliphatic heterocycles. The highest BCUT2D eigenvalue weighted by Crippen LogP contribution is 2.29. The Morgan fingerprint density at radius 1 is 1.00 bits per heavy atom. The lowest BCUT2D eigenvalue weighted by molar-refractivity contribution is -0.130. The third-order valence-electron chi connectivity index (χ3n) is 5.70. The molecule has 1 fully saturated rings. The number of aromatic nitrogens is 3. The number of hydrogen-bond acceptors (Lipinski definition) is 7. The van der Waals surface area contributed by atoms with Gasteiger partial charge in [-0.1, -0.05) is 59.5 Å². The fourth-order valence-corrected chi connectivity index (χ4v) is 5.63. The average Bonchev–Trinajstić information content (AvgIpc) is 3.51. The Morgan fingerprint density at radius 2 is 1.76 bits per heavy atom. The molecule has 0 spiro atoms. The van der Waals surface area contributed by atoms with Gasteiger partial charge < -0.3 is 20.1 Å². The van der Waals surface area contributed by atoms with Gasteiger partial charge in [-0.2, -0.15) is 0 Å². The van der Waals surface area contributed by atoms with Crippen LogP contribution in [-0.2, 0) is 16.0 Å². The lowest BCUT2D eigenvalue weighted by Crippen LogP contribution is -2.49. The molecular weight excluding hydrogens is 468 g/mol. The molecule has 0 unspecified atom stereocenters. The first kappa shape index (κ1) is 22.4. The number of nitrogens with one attached hydrogen (secondary N) is 2. The number of thioether (sulfide) groups is 1. The van der Waals surface area contributed by atoms with Gasteiger partial charge >= 0.3 is 0 Å². The van der Waals surface area contributed by atoms with Crippen molar-refractivity contribution < 1.29 is 9.59 Å². The number of anilines is 2. The van der Waals surface area contributed by atoms with E-state index in [-0.39, 0.29) is 17.6 Å². The number of rotatable bonds is 7. The van der Waals surface area contributed by atoms with Crippen LogP contribution in [0.1, 0.15) is 5.56 Å². The van der Waals surface area contributed by atoms with Crippen LogP contribution in [0, 0.1) is 0 Å². The molecule has 1 aliphatic rings. The maximum absolute atomic E-state index is 12.9. The van der Waals surface area contributed by atoms with E-state index in [0.29, 0.717) is 32.6 Å². The maximum atomic E-state index is 12.9. The molecule has 2 amide bonds. The number of benzene rings is 2. The average molecular weight is 493 g/mol. The summed E-state index contributed by atoms with van der Waals surface area (Å²) in [4.78, 5) is 32.3. The normalized spacial score (nSPS) is 13.9. The highest BCUT2D eigenvalue weighted by Gasteiger charge is 2.24. The number of hydrogen-bond donors (Lipinski definition) is 2. The highest BCUT2D eigenvalue weighted by molar-refractivity contribution is 8.01. The minimum Gasteiger partial charge on any atom is -0.361 e. The Hall–Kier alpha value is -3.37. The summed E-state index contributed by atoms with van der Waals surface area (Å²) in [5.41, 5.74) is 2.87. The van der Waals surface area contributed by atoms with E-state index in [9.17, 15) is 9.59 Å². The van der Waals surface area contributed by atoms with Crippen molar-refractivity contribution in [3.8, 4) is 0 Å². The fourth-order valence-electron chi connectivity index (χ4n) is 3.93. The molecule has 0 atom stereocenters. The van der Waals surface area contributed by atoms with E-state index < -0.39 is 0 Å². The Morgan fingerprint density at radius 3 is 2.59 bits per heavy atom. The lowest BCUT2D eigenvalue weighted by atomic mass is 10.1. The molecule has 5 rings (SSSR count). The number of amides is 2. The first-order chi connectivity index (χ1) is 16.7. The van der Waals surface area contributed by atoms with Crippen molar-refractivity contribution in [3.63, 3.8) is 0 Å². The van der Waals surface area contributed by atoms with Gasteiger partial charge in [0.2, 0.25) is 16.9 Å². The lowest BCUT2D eigenvalue weighted by Gasteiger charge is -2.34. The standard InChI is InChI=1S/C24H24N6O2S2/c31-21(26-18-6-2-1-3-7-18)16-33-24-28-27-23(34-24)30-12-10-29(11-13-30)22(32)14-17-15-25-20-9-5-4-8-19(17)20/h1-9,15,25H,10-14,16H2,(H,26,31). The van der Waals surface area contributed by atoms with Crippen molar-refractivity contribution in [3.05, 3.63) is 66.4 Å². The van der Waals surface area contributed by atoms with Gasteiger partial charge in [-0.25, -0.2) is 0 Å². The van der Waals surface area contributed by atoms with E-state index in [1.54, 1.807) is 0 Å². The van der Waals surface area contributed by atoms with Crippen LogP contribution >= 0.6 is 23.1 Å². The second-order valence-electron chi connectivity index (χ2n) is 7.96. The molecule has 2 aromatic heterocycles.